The van der Waals surface area contributed by atoms with Crippen molar-refractivity contribution >= 4 is 16.8 Å². The highest BCUT2D eigenvalue weighted by molar-refractivity contribution is 5.98. The summed E-state index contributed by atoms with van der Waals surface area (Å²) in [6.45, 7) is 2.30. The van der Waals surface area contributed by atoms with Gasteiger partial charge in [-0.15, -0.1) is 0 Å². The maximum Gasteiger partial charge on any atom is 0.270 e. The van der Waals surface area contributed by atoms with Crippen LogP contribution in [0, 0.1) is 5.92 Å². The van der Waals surface area contributed by atoms with Gasteiger partial charge in [-0.25, -0.2) is 0 Å². The zero-order valence-electron chi connectivity index (χ0n) is 12.2. The van der Waals surface area contributed by atoms with E-state index in [0.29, 0.717) is 11.7 Å². The highest BCUT2D eigenvalue weighted by atomic mass is 16.2. The van der Waals surface area contributed by atoms with Gasteiger partial charge >= 0.3 is 0 Å². The topological polar surface area (TPSA) is 36.1 Å². The Balaban J connectivity index is 1.77. The van der Waals surface area contributed by atoms with Gasteiger partial charge in [0.2, 0.25) is 0 Å². The minimum atomic E-state index is 0.112. The van der Waals surface area contributed by atoms with Crippen LogP contribution >= 0.6 is 0 Å². The largest absolute Gasteiger partial charge is 0.351 e. The molecule has 0 spiro atoms. The molecular weight excluding hydrogens is 248 g/mol. The van der Waals surface area contributed by atoms with Crippen molar-refractivity contribution in [2.45, 2.75) is 38.6 Å². The number of aromatic nitrogens is 1. The van der Waals surface area contributed by atoms with Gasteiger partial charge in [0.15, 0.2) is 0 Å². The molecule has 0 atom stereocenters. The van der Waals surface area contributed by atoms with Crippen LogP contribution in [0.5, 0.6) is 0 Å². The number of carbonyl (C=O) groups excluding carboxylic acids is 1. The number of hydrogen-bond donors (Lipinski definition) is 1. The van der Waals surface area contributed by atoms with Gasteiger partial charge in [-0.05, 0) is 43.7 Å². The van der Waals surface area contributed by atoms with Gasteiger partial charge < -0.3 is 9.88 Å². The predicted molar refractivity (Wildman–Crippen MR) is 81.8 cm³/mol. The van der Waals surface area contributed by atoms with Crippen LogP contribution in [0.25, 0.3) is 10.9 Å². The molecular formula is C17H22N2O. The molecule has 1 aliphatic carbocycles. The standard InChI is InChI=1S/C17H22N2O/c1-12-7-9-14(10-8-12)19(2)17(20)16-11-13-5-3-4-6-15(13)18-16/h3-6,11-12,14,18H,7-10H2,1-2H3. The van der Waals surface area contributed by atoms with Gasteiger partial charge in [-0.1, -0.05) is 25.1 Å². The third-order valence-electron chi connectivity index (χ3n) is 4.61. The third-order valence-corrected chi connectivity index (χ3v) is 4.61. The van der Waals surface area contributed by atoms with Crippen LogP contribution in [0.4, 0.5) is 0 Å². The van der Waals surface area contributed by atoms with E-state index >= 15 is 0 Å². The Kier molecular flexibility index (Phi) is 3.51. The lowest BCUT2D eigenvalue weighted by Gasteiger charge is -2.33. The average Bonchev–Trinajstić information content (AvgIpc) is 2.90. The minimum absolute atomic E-state index is 0.112. The Bertz CT molecular complexity index is 575. The number of para-hydroxylation sites is 1. The zero-order valence-corrected chi connectivity index (χ0v) is 12.2. The minimum Gasteiger partial charge on any atom is -0.351 e. The lowest BCUT2D eigenvalue weighted by Crippen LogP contribution is -2.39. The summed E-state index contributed by atoms with van der Waals surface area (Å²) in [4.78, 5) is 17.7. The molecule has 20 heavy (non-hydrogen) atoms. The van der Waals surface area contributed by atoms with E-state index in [0.717, 1.165) is 29.7 Å². The molecule has 0 radical (unpaired) electrons. The molecule has 1 amide bonds. The van der Waals surface area contributed by atoms with Crippen molar-refractivity contribution in [3.8, 4) is 0 Å². The van der Waals surface area contributed by atoms with Gasteiger partial charge in [0.05, 0.1) is 0 Å². The van der Waals surface area contributed by atoms with E-state index in [4.69, 9.17) is 0 Å². The molecule has 3 rings (SSSR count). The molecule has 1 aromatic carbocycles. The molecule has 0 unspecified atom stereocenters. The van der Waals surface area contributed by atoms with Gasteiger partial charge in [-0.2, -0.15) is 0 Å². The first kappa shape index (κ1) is 13.2. The van der Waals surface area contributed by atoms with Gasteiger partial charge in [0.25, 0.3) is 5.91 Å². The van der Waals surface area contributed by atoms with Crippen LogP contribution in [0.3, 0.4) is 0 Å². The van der Waals surface area contributed by atoms with Crippen molar-refractivity contribution in [1.29, 1.82) is 0 Å². The summed E-state index contributed by atoms with van der Waals surface area (Å²) in [5.74, 6) is 0.920. The molecule has 106 valence electrons. The molecule has 0 bridgehead atoms. The van der Waals surface area contributed by atoms with E-state index in [1.165, 1.54) is 12.8 Å². The fourth-order valence-electron chi connectivity index (χ4n) is 3.17. The Morgan fingerprint density at radius 1 is 1.20 bits per heavy atom. The van der Waals surface area contributed by atoms with Crippen molar-refractivity contribution in [3.63, 3.8) is 0 Å². The van der Waals surface area contributed by atoms with Gasteiger partial charge in [0, 0.05) is 24.0 Å². The first-order valence-corrected chi connectivity index (χ1v) is 7.50. The van der Waals surface area contributed by atoms with E-state index in [1.807, 2.05) is 42.3 Å². The number of amides is 1. The summed E-state index contributed by atoms with van der Waals surface area (Å²) >= 11 is 0. The smallest absolute Gasteiger partial charge is 0.270 e. The SMILES string of the molecule is CC1CCC(N(C)C(=O)c2cc3ccccc3[nH]2)CC1. The number of fused-ring (bicyclic) bond motifs is 1. The van der Waals surface area contributed by atoms with Crippen molar-refractivity contribution in [3.05, 3.63) is 36.0 Å². The maximum atomic E-state index is 12.6. The second-order valence-electron chi connectivity index (χ2n) is 6.10. The van der Waals surface area contributed by atoms with Crippen LogP contribution in [0.2, 0.25) is 0 Å². The Hall–Kier alpha value is -1.77. The number of nitrogens with zero attached hydrogens (tertiary/aromatic N) is 1. The zero-order chi connectivity index (χ0) is 14.1. The molecule has 1 aliphatic rings. The summed E-state index contributed by atoms with van der Waals surface area (Å²) in [6.07, 6.45) is 4.72. The number of hydrogen-bond acceptors (Lipinski definition) is 1. The van der Waals surface area contributed by atoms with Gasteiger partial charge in [-0.3, -0.25) is 4.79 Å². The third kappa shape index (κ3) is 2.45. The predicted octanol–water partition coefficient (Wildman–Crippen LogP) is 3.82. The first-order chi connectivity index (χ1) is 9.65. The normalized spacial score (nSPS) is 22.9. The second kappa shape index (κ2) is 5.31. The van der Waals surface area contributed by atoms with E-state index in [2.05, 4.69) is 11.9 Å². The van der Waals surface area contributed by atoms with Crippen LogP contribution in [0.15, 0.2) is 30.3 Å². The number of carbonyl (C=O) groups is 1. The molecule has 3 heteroatoms. The summed E-state index contributed by atoms with van der Waals surface area (Å²) in [5.41, 5.74) is 1.73. The van der Waals surface area contributed by atoms with E-state index in [-0.39, 0.29) is 5.91 Å². The van der Waals surface area contributed by atoms with E-state index in [9.17, 15) is 4.79 Å². The molecule has 1 fully saturated rings. The molecule has 2 aromatic rings. The summed E-state index contributed by atoms with van der Waals surface area (Å²) in [5, 5.41) is 1.10. The second-order valence-corrected chi connectivity index (χ2v) is 6.10. The van der Waals surface area contributed by atoms with E-state index < -0.39 is 0 Å². The summed E-state index contributed by atoms with van der Waals surface area (Å²) in [7, 11) is 1.94. The monoisotopic (exact) mass is 270 g/mol. The Morgan fingerprint density at radius 3 is 2.60 bits per heavy atom. The Labute approximate surface area is 120 Å². The Morgan fingerprint density at radius 2 is 1.90 bits per heavy atom. The fourth-order valence-corrected chi connectivity index (χ4v) is 3.17. The number of nitrogens with one attached hydrogen (secondary N) is 1. The van der Waals surface area contributed by atoms with Crippen LogP contribution in [0.1, 0.15) is 43.1 Å². The molecule has 0 aliphatic heterocycles. The summed E-state index contributed by atoms with van der Waals surface area (Å²) in [6, 6.07) is 10.4. The number of rotatable bonds is 2. The number of aromatic amines is 1. The summed E-state index contributed by atoms with van der Waals surface area (Å²) < 4.78 is 0. The maximum absolute atomic E-state index is 12.6. The average molecular weight is 270 g/mol. The van der Waals surface area contributed by atoms with Gasteiger partial charge in [0.1, 0.15) is 5.69 Å². The molecule has 1 N–H and O–H groups in total. The molecule has 3 nitrogen and oxygen atoms in total. The van der Waals surface area contributed by atoms with Crippen molar-refractivity contribution in [2.24, 2.45) is 5.92 Å². The highest BCUT2D eigenvalue weighted by Crippen LogP contribution is 2.27. The number of H-pyrrole nitrogens is 1. The lowest BCUT2D eigenvalue weighted by molar-refractivity contribution is 0.0674. The quantitative estimate of drug-likeness (QED) is 0.884. The van der Waals surface area contributed by atoms with Crippen LogP contribution in [-0.2, 0) is 0 Å². The van der Waals surface area contributed by atoms with Crippen molar-refractivity contribution < 1.29 is 4.79 Å². The number of benzene rings is 1. The van der Waals surface area contributed by atoms with E-state index in [1.54, 1.807) is 0 Å². The van der Waals surface area contributed by atoms with Crippen LogP contribution < -0.4 is 0 Å². The molecule has 1 aromatic heterocycles. The molecule has 0 saturated heterocycles. The molecule has 1 heterocycles. The van der Waals surface area contributed by atoms with Crippen LogP contribution in [-0.4, -0.2) is 28.9 Å². The lowest BCUT2D eigenvalue weighted by atomic mass is 9.86. The van der Waals surface area contributed by atoms with Crippen molar-refractivity contribution in [2.75, 3.05) is 7.05 Å². The highest BCUT2D eigenvalue weighted by Gasteiger charge is 2.26. The van der Waals surface area contributed by atoms with Crippen molar-refractivity contribution in [1.82, 2.24) is 9.88 Å². The fraction of sp³-hybridized carbons (Fsp3) is 0.471. The molecule has 1 saturated carbocycles. The first-order valence-electron chi connectivity index (χ1n) is 7.50.